The van der Waals surface area contributed by atoms with Gasteiger partial charge in [0, 0.05) is 26.2 Å². The van der Waals surface area contributed by atoms with Crippen molar-refractivity contribution in [1.82, 2.24) is 9.88 Å². The molecule has 0 bridgehead atoms. The van der Waals surface area contributed by atoms with E-state index in [0.717, 1.165) is 26.2 Å². The highest BCUT2D eigenvalue weighted by Gasteiger charge is 2.13. The first-order chi connectivity index (χ1) is 6.36. The predicted molar refractivity (Wildman–Crippen MR) is 52.8 cm³/mol. The largest absolute Gasteiger partial charge is 0.368 e. The Kier molecular flexibility index (Phi) is 2.45. The molecule has 0 saturated carbocycles. The Morgan fingerprint density at radius 2 is 2.08 bits per heavy atom. The molecule has 2 heterocycles. The van der Waals surface area contributed by atoms with Crippen LogP contribution in [0.2, 0.25) is 0 Å². The molecule has 0 aromatic carbocycles. The monoisotopic (exact) mass is 176 g/mol. The summed E-state index contributed by atoms with van der Waals surface area (Å²) in [5.74, 6) is 0. The Balaban J connectivity index is 2.03. The number of hydrogen-bond donors (Lipinski definition) is 0. The minimum atomic E-state index is 1.10. The van der Waals surface area contributed by atoms with Gasteiger partial charge >= 0.3 is 0 Å². The molecule has 0 atom stereocenters. The molecule has 13 heavy (non-hydrogen) atoms. The zero-order valence-electron chi connectivity index (χ0n) is 7.90. The maximum Gasteiger partial charge on any atom is 0.0887 e. The molecule has 3 heteroatoms. The summed E-state index contributed by atoms with van der Waals surface area (Å²) in [6.07, 6.45) is 4.67. The normalized spacial score (nSPS) is 19.0. The first-order valence-corrected chi connectivity index (χ1v) is 4.62. The van der Waals surface area contributed by atoms with Gasteiger partial charge in [-0.25, -0.2) is 0 Å². The lowest BCUT2D eigenvalue weighted by Crippen LogP contribution is -2.44. The van der Waals surface area contributed by atoms with E-state index >= 15 is 0 Å². The molecule has 1 aromatic rings. The molecule has 1 radical (unpaired) electrons. The molecule has 0 N–H and O–H groups in total. The molecule has 3 nitrogen and oxygen atoms in total. The van der Waals surface area contributed by atoms with Crippen molar-refractivity contribution in [2.75, 3.05) is 38.1 Å². The van der Waals surface area contributed by atoms with Crippen LogP contribution in [0.25, 0.3) is 0 Å². The van der Waals surface area contributed by atoms with Gasteiger partial charge in [-0.15, -0.1) is 0 Å². The minimum Gasteiger partial charge on any atom is -0.368 e. The molecule has 1 fully saturated rings. The van der Waals surface area contributed by atoms with Gasteiger partial charge in [0.1, 0.15) is 0 Å². The summed E-state index contributed by atoms with van der Waals surface area (Å²) in [7, 11) is 2.16. The van der Waals surface area contributed by atoms with Crippen LogP contribution in [0.1, 0.15) is 0 Å². The lowest BCUT2D eigenvalue weighted by atomic mass is 10.3. The second-order valence-electron chi connectivity index (χ2n) is 3.44. The molecule has 1 saturated heterocycles. The lowest BCUT2D eigenvalue weighted by Gasteiger charge is -2.33. The van der Waals surface area contributed by atoms with Gasteiger partial charge in [0.25, 0.3) is 0 Å². The number of pyridine rings is 1. The molecule has 1 aliphatic rings. The molecule has 1 aromatic heterocycles. The van der Waals surface area contributed by atoms with Gasteiger partial charge in [-0.3, -0.25) is 4.98 Å². The highest BCUT2D eigenvalue weighted by atomic mass is 15.2. The number of anilines is 1. The Morgan fingerprint density at radius 1 is 1.31 bits per heavy atom. The Bertz CT molecular complexity index is 252. The summed E-state index contributed by atoms with van der Waals surface area (Å²) in [5.41, 5.74) is 1.21. The number of aromatic nitrogens is 1. The van der Waals surface area contributed by atoms with E-state index in [1.165, 1.54) is 5.69 Å². The van der Waals surface area contributed by atoms with Crippen molar-refractivity contribution in [2.24, 2.45) is 0 Å². The van der Waals surface area contributed by atoms with Crippen LogP contribution in [0.3, 0.4) is 0 Å². The van der Waals surface area contributed by atoms with E-state index in [1.54, 1.807) is 0 Å². The van der Waals surface area contributed by atoms with Crippen LogP contribution in [0, 0.1) is 6.20 Å². The zero-order valence-corrected chi connectivity index (χ0v) is 7.90. The van der Waals surface area contributed by atoms with Crippen LogP contribution < -0.4 is 4.90 Å². The number of likely N-dealkylation sites (N-methyl/N-ethyl adjacent to an activating group) is 1. The Hall–Kier alpha value is -1.09. The number of hydrogen-bond acceptors (Lipinski definition) is 3. The first kappa shape index (κ1) is 8.51. The molecule has 2 rings (SSSR count). The highest BCUT2D eigenvalue weighted by molar-refractivity contribution is 5.43. The summed E-state index contributed by atoms with van der Waals surface area (Å²) >= 11 is 0. The molecule has 0 unspecified atom stereocenters. The fourth-order valence-electron chi connectivity index (χ4n) is 1.56. The second-order valence-corrected chi connectivity index (χ2v) is 3.44. The van der Waals surface area contributed by atoms with E-state index in [-0.39, 0.29) is 0 Å². The average Bonchev–Trinajstić information content (AvgIpc) is 2.20. The first-order valence-electron chi connectivity index (χ1n) is 4.62. The van der Waals surface area contributed by atoms with Crippen LogP contribution >= 0.6 is 0 Å². The van der Waals surface area contributed by atoms with E-state index in [1.807, 2.05) is 12.3 Å². The van der Waals surface area contributed by atoms with E-state index in [4.69, 9.17) is 0 Å². The molecule has 0 amide bonds. The Morgan fingerprint density at radius 3 is 2.69 bits per heavy atom. The maximum absolute atomic E-state index is 4.00. The number of piperazine rings is 1. The van der Waals surface area contributed by atoms with Crippen molar-refractivity contribution in [3.05, 3.63) is 24.5 Å². The third kappa shape index (κ3) is 1.98. The highest BCUT2D eigenvalue weighted by Crippen LogP contribution is 2.12. The number of rotatable bonds is 1. The van der Waals surface area contributed by atoms with Gasteiger partial charge in [-0.1, -0.05) is 0 Å². The van der Waals surface area contributed by atoms with Crippen LogP contribution in [0.5, 0.6) is 0 Å². The van der Waals surface area contributed by atoms with E-state index in [0.29, 0.717) is 0 Å². The average molecular weight is 176 g/mol. The predicted octanol–water partition coefficient (Wildman–Crippen LogP) is 0.634. The minimum absolute atomic E-state index is 1.10. The third-order valence-corrected chi connectivity index (χ3v) is 2.47. The quantitative estimate of drug-likeness (QED) is 0.625. The second kappa shape index (κ2) is 3.75. The zero-order chi connectivity index (χ0) is 9.10. The molecule has 0 aliphatic carbocycles. The van der Waals surface area contributed by atoms with Gasteiger partial charge in [0.15, 0.2) is 0 Å². The molecular formula is C10H14N3. The van der Waals surface area contributed by atoms with Crippen LogP contribution in [-0.4, -0.2) is 43.1 Å². The van der Waals surface area contributed by atoms with Gasteiger partial charge in [0.05, 0.1) is 18.1 Å². The molecule has 1 aliphatic heterocycles. The fourth-order valence-corrected chi connectivity index (χ4v) is 1.56. The van der Waals surface area contributed by atoms with Crippen molar-refractivity contribution < 1.29 is 0 Å². The SMILES string of the molecule is CN1CCN(c2cc[c]nc2)CC1. The molecule has 69 valence electrons. The summed E-state index contributed by atoms with van der Waals surface area (Å²) < 4.78 is 0. The lowest BCUT2D eigenvalue weighted by molar-refractivity contribution is 0.313. The summed E-state index contributed by atoms with van der Waals surface area (Å²) in [4.78, 5) is 8.71. The van der Waals surface area contributed by atoms with E-state index in [2.05, 4.69) is 34.1 Å². The summed E-state index contributed by atoms with van der Waals surface area (Å²) in [6, 6.07) is 3.94. The molecule has 0 spiro atoms. The summed E-state index contributed by atoms with van der Waals surface area (Å²) in [5, 5.41) is 0. The topological polar surface area (TPSA) is 19.4 Å². The van der Waals surface area contributed by atoms with Crippen molar-refractivity contribution in [3.8, 4) is 0 Å². The molecular weight excluding hydrogens is 162 g/mol. The standard InChI is InChI=1S/C10H14N3/c1-12-5-7-13(8-6-12)10-3-2-4-11-9-10/h2-3,9H,5-8H2,1H3. The van der Waals surface area contributed by atoms with Crippen molar-refractivity contribution in [1.29, 1.82) is 0 Å². The third-order valence-electron chi connectivity index (χ3n) is 2.47. The van der Waals surface area contributed by atoms with Crippen molar-refractivity contribution in [2.45, 2.75) is 0 Å². The fraction of sp³-hybridized carbons (Fsp3) is 0.500. The number of nitrogens with zero attached hydrogens (tertiary/aromatic N) is 3. The van der Waals surface area contributed by atoms with Crippen molar-refractivity contribution in [3.63, 3.8) is 0 Å². The van der Waals surface area contributed by atoms with Gasteiger partial charge < -0.3 is 9.80 Å². The van der Waals surface area contributed by atoms with Crippen molar-refractivity contribution >= 4 is 5.69 Å². The maximum atomic E-state index is 4.00. The van der Waals surface area contributed by atoms with Gasteiger partial charge in [-0.2, -0.15) is 0 Å². The summed E-state index contributed by atoms with van der Waals surface area (Å²) in [6.45, 7) is 4.47. The van der Waals surface area contributed by atoms with E-state index < -0.39 is 0 Å². The smallest absolute Gasteiger partial charge is 0.0887 e. The van der Waals surface area contributed by atoms with Crippen LogP contribution in [-0.2, 0) is 0 Å². The Labute approximate surface area is 79.0 Å². The van der Waals surface area contributed by atoms with E-state index in [9.17, 15) is 0 Å². The van der Waals surface area contributed by atoms with Gasteiger partial charge in [-0.05, 0) is 19.2 Å². The van der Waals surface area contributed by atoms with Crippen LogP contribution in [0.15, 0.2) is 18.3 Å². The van der Waals surface area contributed by atoms with Crippen LogP contribution in [0.4, 0.5) is 5.69 Å². The van der Waals surface area contributed by atoms with Gasteiger partial charge in [0.2, 0.25) is 0 Å².